The van der Waals surface area contributed by atoms with Crippen LogP contribution in [-0.2, 0) is 0 Å². The maximum absolute atomic E-state index is 9.51. The average Bonchev–Trinajstić information content (AvgIpc) is 2.72. The van der Waals surface area contributed by atoms with Gasteiger partial charge < -0.3 is 5.11 Å². The number of rotatable bonds is 2. The Morgan fingerprint density at radius 2 is 2.07 bits per heavy atom. The molecular formula is C9H7BrN4O. The van der Waals surface area contributed by atoms with E-state index >= 15 is 0 Å². The molecule has 0 aliphatic heterocycles. The van der Waals surface area contributed by atoms with Gasteiger partial charge in [-0.05, 0) is 18.2 Å². The molecule has 2 aromatic rings. The Hall–Kier alpha value is -1.69. The Morgan fingerprint density at radius 3 is 2.80 bits per heavy atom. The Kier molecular flexibility index (Phi) is 2.77. The summed E-state index contributed by atoms with van der Waals surface area (Å²) in [6, 6.07) is 5.12. The zero-order chi connectivity index (χ0) is 10.7. The second-order valence-electron chi connectivity index (χ2n) is 2.79. The van der Waals surface area contributed by atoms with E-state index in [1.165, 1.54) is 23.5 Å². The largest absolute Gasteiger partial charge is 0.507 e. The SMILES string of the molecule is Oc1ccc(Br)cc1C=Nn1cnnc1. The van der Waals surface area contributed by atoms with Crippen LogP contribution < -0.4 is 0 Å². The Morgan fingerprint density at radius 1 is 1.33 bits per heavy atom. The lowest BCUT2D eigenvalue weighted by Crippen LogP contribution is -1.88. The predicted octanol–water partition coefficient (Wildman–Crippen LogP) is 1.63. The highest BCUT2D eigenvalue weighted by Crippen LogP contribution is 2.19. The first-order chi connectivity index (χ1) is 7.25. The van der Waals surface area contributed by atoms with Crippen LogP contribution in [0.5, 0.6) is 5.75 Å². The molecule has 5 nitrogen and oxygen atoms in total. The minimum atomic E-state index is 0.176. The van der Waals surface area contributed by atoms with Crippen molar-refractivity contribution in [1.82, 2.24) is 14.9 Å². The molecule has 1 aromatic heterocycles. The third-order valence-corrected chi connectivity index (χ3v) is 2.22. The summed E-state index contributed by atoms with van der Waals surface area (Å²) in [5.74, 6) is 0.176. The summed E-state index contributed by atoms with van der Waals surface area (Å²) in [6.45, 7) is 0. The van der Waals surface area contributed by atoms with E-state index in [1.807, 2.05) is 0 Å². The van der Waals surface area contributed by atoms with Crippen LogP contribution in [0.4, 0.5) is 0 Å². The van der Waals surface area contributed by atoms with E-state index in [0.717, 1.165) is 4.47 Å². The topological polar surface area (TPSA) is 63.3 Å². The van der Waals surface area contributed by atoms with Gasteiger partial charge in [0.2, 0.25) is 0 Å². The van der Waals surface area contributed by atoms with E-state index in [9.17, 15) is 5.11 Å². The highest BCUT2D eigenvalue weighted by molar-refractivity contribution is 9.10. The van der Waals surface area contributed by atoms with E-state index in [1.54, 1.807) is 18.2 Å². The van der Waals surface area contributed by atoms with E-state index in [2.05, 4.69) is 31.2 Å². The first-order valence-electron chi connectivity index (χ1n) is 4.13. The van der Waals surface area contributed by atoms with E-state index in [4.69, 9.17) is 0 Å². The molecule has 0 amide bonds. The molecule has 0 saturated carbocycles. The van der Waals surface area contributed by atoms with Crippen LogP contribution in [0.2, 0.25) is 0 Å². The van der Waals surface area contributed by atoms with Crippen molar-refractivity contribution < 1.29 is 5.11 Å². The molecule has 0 aliphatic rings. The van der Waals surface area contributed by atoms with Gasteiger partial charge in [-0.25, -0.2) is 4.68 Å². The first-order valence-corrected chi connectivity index (χ1v) is 4.92. The zero-order valence-corrected chi connectivity index (χ0v) is 9.16. The van der Waals surface area contributed by atoms with Crippen molar-refractivity contribution in [3.8, 4) is 5.75 Å². The molecule has 0 fully saturated rings. The average molecular weight is 267 g/mol. The molecule has 15 heavy (non-hydrogen) atoms. The molecule has 0 saturated heterocycles. The molecule has 0 atom stereocenters. The monoisotopic (exact) mass is 266 g/mol. The Bertz CT molecular complexity index is 481. The van der Waals surface area contributed by atoms with Crippen molar-refractivity contribution in [3.05, 3.63) is 40.9 Å². The molecule has 76 valence electrons. The molecule has 1 aromatic carbocycles. The fourth-order valence-corrected chi connectivity index (χ4v) is 1.39. The summed E-state index contributed by atoms with van der Waals surface area (Å²) in [5, 5.41) is 20.7. The van der Waals surface area contributed by atoms with Crippen molar-refractivity contribution in [1.29, 1.82) is 0 Å². The Balaban J connectivity index is 2.27. The number of hydrogen-bond acceptors (Lipinski definition) is 4. The van der Waals surface area contributed by atoms with Gasteiger partial charge in [-0.1, -0.05) is 15.9 Å². The van der Waals surface area contributed by atoms with E-state index in [0.29, 0.717) is 5.56 Å². The third kappa shape index (κ3) is 2.41. The van der Waals surface area contributed by atoms with E-state index in [-0.39, 0.29) is 5.75 Å². The number of halogens is 1. The molecule has 0 unspecified atom stereocenters. The van der Waals surface area contributed by atoms with Gasteiger partial charge in [-0.15, -0.1) is 10.2 Å². The zero-order valence-electron chi connectivity index (χ0n) is 7.58. The predicted molar refractivity (Wildman–Crippen MR) is 58.8 cm³/mol. The van der Waals surface area contributed by atoms with Gasteiger partial charge in [0.25, 0.3) is 0 Å². The van der Waals surface area contributed by atoms with Gasteiger partial charge in [0.05, 0.1) is 6.21 Å². The molecule has 0 radical (unpaired) electrons. The van der Waals surface area contributed by atoms with Crippen LogP contribution >= 0.6 is 15.9 Å². The number of phenols is 1. The summed E-state index contributed by atoms with van der Waals surface area (Å²) >= 11 is 3.31. The lowest BCUT2D eigenvalue weighted by atomic mass is 10.2. The summed E-state index contributed by atoms with van der Waals surface area (Å²) in [7, 11) is 0. The lowest BCUT2D eigenvalue weighted by Gasteiger charge is -1.98. The molecule has 1 heterocycles. The fourth-order valence-electron chi connectivity index (χ4n) is 1.01. The van der Waals surface area contributed by atoms with Gasteiger partial charge in [-0.2, -0.15) is 5.10 Å². The Labute approximate surface area is 94.2 Å². The minimum absolute atomic E-state index is 0.176. The van der Waals surface area contributed by atoms with Crippen molar-refractivity contribution >= 4 is 22.1 Å². The van der Waals surface area contributed by atoms with Crippen molar-refractivity contribution in [2.75, 3.05) is 0 Å². The van der Waals surface area contributed by atoms with E-state index < -0.39 is 0 Å². The number of nitrogens with zero attached hydrogens (tertiary/aromatic N) is 4. The maximum Gasteiger partial charge on any atom is 0.141 e. The molecule has 0 aliphatic carbocycles. The van der Waals surface area contributed by atoms with Gasteiger partial charge in [-0.3, -0.25) is 0 Å². The smallest absolute Gasteiger partial charge is 0.141 e. The summed E-state index contributed by atoms with van der Waals surface area (Å²) in [5.41, 5.74) is 0.623. The maximum atomic E-state index is 9.51. The number of aromatic hydroxyl groups is 1. The van der Waals surface area contributed by atoms with Crippen LogP contribution in [-0.4, -0.2) is 26.2 Å². The van der Waals surface area contributed by atoms with Crippen LogP contribution in [0, 0.1) is 0 Å². The molecule has 0 spiro atoms. The summed E-state index contributed by atoms with van der Waals surface area (Å²) in [4.78, 5) is 0. The van der Waals surface area contributed by atoms with Crippen molar-refractivity contribution in [3.63, 3.8) is 0 Å². The molecular weight excluding hydrogens is 260 g/mol. The number of benzene rings is 1. The van der Waals surface area contributed by atoms with Gasteiger partial charge in [0, 0.05) is 10.0 Å². The van der Waals surface area contributed by atoms with Gasteiger partial charge >= 0.3 is 0 Å². The molecule has 6 heteroatoms. The second kappa shape index (κ2) is 4.22. The van der Waals surface area contributed by atoms with Crippen molar-refractivity contribution in [2.24, 2.45) is 5.10 Å². The van der Waals surface area contributed by atoms with Gasteiger partial charge in [0.1, 0.15) is 18.4 Å². The third-order valence-electron chi connectivity index (χ3n) is 1.73. The minimum Gasteiger partial charge on any atom is -0.507 e. The lowest BCUT2D eigenvalue weighted by molar-refractivity contribution is 0.474. The molecule has 1 N–H and O–H groups in total. The number of hydrogen-bond donors (Lipinski definition) is 1. The van der Waals surface area contributed by atoms with Gasteiger partial charge in [0.15, 0.2) is 0 Å². The highest BCUT2D eigenvalue weighted by atomic mass is 79.9. The standard InChI is InChI=1S/C9H7BrN4O/c10-8-1-2-9(15)7(3-8)4-13-14-5-11-12-6-14/h1-6,15H. The summed E-state index contributed by atoms with van der Waals surface area (Å²) < 4.78 is 2.32. The van der Waals surface area contributed by atoms with Crippen molar-refractivity contribution in [2.45, 2.75) is 0 Å². The molecule has 2 rings (SSSR count). The fraction of sp³-hybridized carbons (Fsp3) is 0. The number of phenolic OH excluding ortho intramolecular Hbond substituents is 1. The molecule has 0 bridgehead atoms. The normalized spacial score (nSPS) is 11.0. The van der Waals surface area contributed by atoms with Crippen LogP contribution in [0.3, 0.4) is 0 Å². The first kappa shape index (κ1) is 9.85. The summed E-state index contributed by atoms with van der Waals surface area (Å²) in [6.07, 6.45) is 4.46. The van der Waals surface area contributed by atoms with Crippen LogP contribution in [0.25, 0.3) is 0 Å². The van der Waals surface area contributed by atoms with Crippen LogP contribution in [0.1, 0.15) is 5.56 Å². The number of aromatic nitrogens is 3. The quantitative estimate of drug-likeness (QED) is 0.841. The highest BCUT2D eigenvalue weighted by Gasteiger charge is 1.98. The second-order valence-corrected chi connectivity index (χ2v) is 3.71. The van der Waals surface area contributed by atoms with Crippen LogP contribution in [0.15, 0.2) is 40.4 Å².